The van der Waals surface area contributed by atoms with Crippen LogP contribution in [0.4, 0.5) is 0 Å². The Balaban J connectivity index is 2.01. The van der Waals surface area contributed by atoms with Gasteiger partial charge in [0.25, 0.3) is 0 Å². The zero-order valence-corrected chi connectivity index (χ0v) is 12.0. The van der Waals surface area contributed by atoms with Crippen molar-refractivity contribution in [2.24, 2.45) is 5.41 Å². The molecule has 1 aliphatic heterocycles. The number of rotatable bonds is 5. The quantitative estimate of drug-likeness (QED) is 0.787. The average Bonchev–Trinajstić information content (AvgIpc) is 2.83. The van der Waals surface area contributed by atoms with Gasteiger partial charge in [0.1, 0.15) is 0 Å². The summed E-state index contributed by atoms with van der Waals surface area (Å²) in [7, 11) is -1.37. The van der Waals surface area contributed by atoms with Crippen molar-refractivity contribution in [3.05, 3.63) is 29.8 Å². The highest BCUT2D eigenvalue weighted by Gasteiger charge is 2.34. The minimum absolute atomic E-state index is 0.494. The maximum Gasteiger partial charge on any atom is 0.488 e. The normalized spacial score (nSPS) is 18.7. The largest absolute Gasteiger partial charge is 0.488 e. The summed E-state index contributed by atoms with van der Waals surface area (Å²) in [4.78, 5) is 2.48. The van der Waals surface area contributed by atoms with Gasteiger partial charge in [-0.3, -0.25) is 4.90 Å². The van der Waals surface area contributed by atoms with Crippen LogP contribution in [0, 0.1) is 5.41 Å². The van der Waals surface area contributed by atoms with E-state index < -0.39 is 7.12 Å². The fourth-order valence-corrected chi connectivity index (χ4v) is 3.10. The molecule has 0 aromatic heterocycles. The summed E-state index contributed by atoms with van der Waals surface area (Å²) in [6, 6.07) is 7.60. The van der Waals surface area contributed by atoms with Crippen LogP contribution >= 0.6 is 0 Å². The molecule has 1 aromatic carbocycles. The van der Waals surface area contributed by atoms with Gasteiger partial charge in [-0.1, -0.05) is 38.1 Å². The Labute approximate surface area is 116 Å². The van der Waals surface area contributed by atoms with Gasteiger partial charge in [0.05, 0.1) is 0 Å². The fraction of sp³-hybridized carbons (Fsp3) is 0.600. The molecule has 1 aliphatic rings. The van der Waals surface area contributed by atoms with Gasteiger partial charge in [0, 0.05) is 13.1 Å². The summed E-state index contributed by atoms with van der Waals surface area (Å²) in [5.41, 5.74) is 2.23. The molecule has 0 saturated carbocycles. The second kappa shape index (κ2) is 6.08. The molecule has 0 radical (unpaired) electrons. The summed E-state index contributed by atoms with van der Waals surface area (Å²) >= 11 is 0. The van der Waals surface area contributed by atoms with E-state index in [-0.39, 0.29) is 0 Å². The summed E-state index contributed by atoms with van der Waals surface area (Å²) in [6.45, 7) is 7.79. The number of hydrogen-bond donors (Lipinski definition) is 2. The monoisotopic (exact) mass is 261 g/mol. The Kier molecular flexibility index (Phi) is 4.66. The van der Waals surface area contributed by atoms with Crippen LogP contribution in [0.3, 0.4) is 0 Å². The van der Waals surface area contributed by atoms with E-state index in [1.165, 1.54) is 19.3 Å². The van der Waals surface area contributed by atoms with Gasteiger partial charge in [0.15, 0.2) is 0 Å². The van der Waals surface area contributed by atoms with Crippen molar-refractivity contribution in [2.75, 3.05) is 13.1 Å². The molecule has 1 aromatic rings. The Morgan fingerprint density at radius 3 is 2.58 bits per heavy atom. The molecular formula is C15H24BNO2. The molecule has 2 rings (SSSR count). The lowest BCUT2D eigenvalue weighted by Gasteiger charge is -2.26. The summed E-state index contributed by atoms with van der Waals surface area (Å²) in [6.07, 6.45) is 3.77. The first-order valence-electron chi connectivity index (χ1n) is 7.26. The molecule has 4 heteroatoms. The van der Waals surface area contributed by atoms with Crippen molar-refractivity contribution in [2.45, 2.75) is 39.7 Å². The van der Waals surface area contributed by atoms with E-state index in [1.807, 2.05) is 12.1 Å². The number of likely N-dealkylation sites (tertiary alicyclic amines) is 1. The smallest absolute Gasteiger partial charge is 0.423 e. The first-order chi connectivity index (χ1) is 9.08. The first kappa shape index (κ1) is 14.6. The number of benzene rings is 1. The maximum atomic E-state index is 9.21. The van der Waals surface area contributed by atoms with Crippen LogP contribution < -0.4 is 5.46 Å². The fourth-order valence-electron chi connectivity index (χ4n) is 3.10. The molecule has 1 heterocycles. The zero-order chi connectivity index (χ0) is 13.9. The molecule has 0 aliphatic carbocycles. The minimum atomic E-state index is -1.37. The van der Waals surface area contributed by atoms with Crippen LogP contribution in [0.1, 0.15) is 38.7 Å². The highest BCUT2D eigenvalue weighted by atomic mass is 16.4. The molecule has 0 atom stereocenters. The maximum absolute atomic E-state index is 9.21. The Morgan fingerprint density at radius 1 is 1.26 bits per heavy atom. The van der Waals surface area contributed by atoms with E-state index in [0.29, 0.717) is 10.9 Å². The molecule has 19 heavy (non-hydrogen) atoms. The van der Waals surface area contributed by atoms with E-state index in [0.717, 1.165) is 25.2 Å². The minimum Gasteiger partial charge on any atom is -0.423 e. The number of hydrogen-bond acceptors (Lipinski definition) is 3. The lowest BCUT2D eigenvalue weighted by molar-refractivity contribution is 0.236. The van der Waals surface area contributed by atoms with Gasteiger partial charge < -0.3 is 10.0 Å². The van der Waals surface area contributed by atoms with Crippen LogP contribution in [0.15, 0.2) is 24.3 Å². The molecule has 104 valence electrons. The van der Waals surface area contributed by atoms with Gasteiger partial charge in [-0.05, 0) is 42.2 Å². The van der Waals surface area contributed by atoms with Crippen LogP contribution in [0.2, 0.25) is 0 Å². The van der Waals surface area contributed by atoms with E-state index >= 15 is 0 Å². The van der Waals surface area contributed by atoms with Crippen LogP contribution in [-0.2, 0) is 6.54 Å². The van der Waals surface area contributed by atoms with Crippen LogP contribution in [-0.4, -0.2) is 35.2 Å². The number of nitrogens with zero attached hydrogens (tertiary/aromatic N) is 1. The lowest BCUT2D eigenvalue weighted by Crippen LogP contribution is -2.31. The molecule has 0 bridgehead atoms. The average molecular weight is 261 g/mol. The Morgan fingerprint density at radius 2 is 2.00 bits per heavy atom. The van der Waals surface area contributed by atoms with Crippen LogP contribution in [0.5, 0.6) is 0 Å². The second-order valence-electron chi connectivity index (χ2n) is 5.79. The predicted octanol–water partition coefficient (Wildman–Crippen LogP) is 1.38. The highest BCUT2D eigenvalue weighted by Crippen LogP contribution is 2.37. The van der Waals surface area contributed by atoms with E-state index in [1.54, 1.807) is 6.07 Å². The lowest BCUT2D eigenvalue weighted by atomic mass is 9.79. The topological polar surface area (TPSA) is 43.7 Å². The predicted molar refractivity (Wildman–Crippen MR) is 79.2 cm³/mol. The Hall–Kier alpha value is -0.835. The third-order valence-electron chi connectivity index (χ3n) is 4.67. The van der Waals surface area contributed by atoms with Crippen molar-refractivity contribution in [3.8, 4) is 0 Å². The molecule has 1 saturated heterocycles. The molecule has 2 N–H and O–H groups in total. The summed E-state index contributed by atoms with van der Waals surface area (Å²) < 4.78 is 0. The van der Waals surface area contributed by atoms with Crippen molar-refractivity contribution < 1.29 is 10.0 Å². The Bertz CT molecular complexity index is 418. The zero-order valence-electron chi connectivity index (χ0n) is 12.0. The molecule has 0 amide bonds. The third kappa shape index (κ3) is 3.38. The van der Waals surface area contributed by atoms with E-state index in [2.05, 4.69) is 24.8 Å². The standard InChI is InChI=1S/C15H24BNO2/c1-3-15(4-2)8-9-17(12-15)11-13-6-5-7-14(10-13)16(18)19/h5-7,10,18-19H,3-4,8-9,11-12H2,1-2H3. The first-order valence-corrected chi connectivity index (χ1v) is 7.26. The molecule has 1 fully saturated rings. The summed E-state index contributed by atoms with van der Waals surface area (Å²) in [5.74, 6) is 0. The van der Waals surface area contributed by atoms with Crippen LogP contribution in [0.25, 0.3) is 0 Å². The van der Waals surface area contributed by atoms with Gasteiger partial charge >= 0.3 is 7.12 Å². The molecule has 0 unspecified atom stereocenters. The SMILES string of the molecule is CCC1(CC)CCN(Cc2cccc(B(O)O)c2)C1. The van der Waals surface area contributed by atoms with Crippen molar-refractivity contribution in [1.82, 2.24) is 4.90 Å². The van der Waals surface area contributed by atoms with Crippen molar-refractivity contribution >= 4 is 12.6 Å². The van der Waals surface area contributed by atoms with Gasteiger partial charge in [0.2, 0.25) is 0 Å². The van der Waals surface area contributed by atoms with E-state index in [9.17, 15) is 10.0 Å². The summed E-state index contributed by atoms with van der Waals surface area (Å²) in [5, 5.41) is 18.4. The van der Waals surface area contributed by atoms with Gasteiger partial charge in [-0.2, -0.15) is 0 Å². The van der Waals surface area contributed by atoms with Crippen molar-refractivity contribution in [1.29, 1.82) is 0 Å². The third-order valence-corrected chi connectivity index (χ3v) is 4.67. The van der Waals surface area contributed by atoms with Gasteiger partial charge in [-0.15, -0.1) is 0 Å². The second-order valence-corrected chi connectivity index (χ2v) is 5.79. The molecule has 3 nitrogen and oxygen atoms in total. The van der Waals surface area contributed by atoms with Gasteiger partial charge in [-0.25, -0.2) is 0 Å². The van der Waals surface area contributed by atoms with Crippen molar-refractivity contribution in [3.63, 3.8) is 0 Å². The molecular weight excluding hydrogens is 237 g/mol. The highest BCUT2D eigenvalue weighted by molar-refractivity contribution is 6.58. The molecule has 0 spiro atoms. The van der Waals surface area contributed by atoms with E-state index in [4.69, 9.17) is 0 Å².